The lowest BCUT2D eigenvalue weighted by atomic mass is 9.89. The maximum atomic E-state index is 12.7. The lowest BCUT2D eigenvalue weighted by Gasteiger charge is -2.20. The number of benzene rings is 2. The summed E-state index contributed by atoms with van der Waals surface area (Å²) in [5.41, 5.74) is 7.15. The van der Waals surface area contributed by atoms with Crippen LogP contribution in [0.2, 0.25) is 0 Å². The Morgan fingerprint density at radius 1 is 1.10 bits per heavy atom. The fourth-order valence-electron chi connectivity index (χ4n) is 4.04. The van der Waals surface area contributed by atoms with Gasteiger partial charge in [0.25, 0.3) is 5.91 Å². The van der Waals surface area contributed by atoms with Crippen LogP contribution in [0, 0.1) is 18.3 Å². The fraction of sp³-hybridized carbons (Fsp3) is 0.385. The number of rotatable bonds is 6. The molecule has 0 fully saturated rings. The van der Waals surface area contributed by atoms with Gasteiger partial charge in [-0.15, -0.1) is 0 Å². The Labute approximate surface area is 180 Å². The molecule has 0 aromatic heterocycles. The highest BCUT2D eigenvalue weighted by Crippen LogP contribution is 2.28. The van der Waals surface area contributed by atoms with Gasteiger partial charge >= 0.3 is 0 Å². The molecule has 1 atom stereocenters. The first-order chi connectivity index (χ1) is 14.4. The molecule has 0 spiro atoms. The molecule has 4 nitrogen and oxygen atoms in total. The van der Waals surface area contributed by atoms with Crippen LogP contribution in [0.3, 0.4) is 0 Å². The Balaban J connectivity index is 1.73. The smallest absolute Gasteiger partial charge is 0.263 e. The third-order valence-electron chi connectivity index (χ3n) is 5.87. The van der Waals surface area contributed by atoms with Gasteiger partial charge in [0.05, 0.1) is 6.04 Å². The van der Waals surface area contributed by atoms with Crippen molar-refractivity contribution in [2.24, 2.45) is 0 Å². The summed E-state index contributed by atoms with van der Waals surface area (Å²) in [4.78, 5) is 12.7. The molecular formula is C26H31N3O. The number of carbonyl (C=O) groups excluding carboxylic acids is 1. The molecule has 30 heavy (non-hydrogen) atoms. The number of nitrogens with zero attached hydrogens (tertiary/aromatic N) is 1. The summed E-state index contributed by atoms with van der Waals surface area (Å²) >= 11 is 0. The average molecular weight is 402 g/mol. The van der Waals surface area contributed by atoms with Crippen LogP contribution in [-0.2, 0) is 17.6 Å². The van der Waals surface area contributed by atoms with E-state index in [4.69, 9.17) is 0 Å². The Kier molecular flexibility index (Phi) is 6.95. The number of aryl methyl sites for hydroxylation is 3. The van der Waals surface area contributed by atoms with Crippen molar-refractivity contribution in [2.75, 3.05) is 5.32 Å². The third-order valence-corrected chi connectivity index (χ3v) is 5.87. The number of anilines is 1. The van der Waals surface area contributed by atoms with Gasteiger partial charge in [-0.1, -0.05) is 50.2 Å². The molecule has 2 aromatic carbocycles. The molecule has 0 radical (unpaired) electrons. The predicted molar refractivity (Wildman–Crippen MR) is 122 cm³/mol. The number of nitriles is 1. The zero-order valence-corrected chi connectivity index (χ0v) is 18.4. The molecule has 2 N–H and O–H groups in total. The highest BCUT2D eigenvalue weighted by atomic mass is 16.1. The maximum absolute atomic E-state index is 12.7. The van der Waals surface area contributed by atoms with Crippen molar-refractivity contribution in [3.63, 3.8) is 0 Å². The Morgan fingerprint density at radius 3 is 2.53 bits per heavy atom. The molecule has 3 rings (SSSR count). The van der Waals surface area contributed by atoms with Crippen molar-refractivity contribution >= 4 is 11.6 Å². The molecule has 0 bridgehead atoms. The van der Waals surface area contributed by atoms with E-state index in [9.17, 15) is 10.1 Å². The zero-order valence-electron chi connectivity index (χ0n) is 18.4. The van der Waals surface area contributed by atoms with E-state index in [0.717, 1.165) is 35.2 Å². The molecule has 156 valence electrons. The Hall–Kier alpha value is -3.06. The van der Waals surface area contributed by atoms with Gasteiger partial charge in [0.1, 0.15) is 11.6 Å². The number of hydrogen-bond donors (Lipinski definition) is 2. The van der Waals surface area contributed by atoms with Gasteiger partial charge in [0, 0.05) is 11.9 Å². The van der Waals surface area contributed by atoms with Crippen LogP contribution in [0.25, 0.3) is 0 Å². The second-order valence-electron chi connectivity index (χ2n) is 8.44. The van der Waals surface area contributed by atoms with Gasteiger partial charge in [0.15, 0.2) is 0 Å². The molecule has 2 aromatic rings. The van der Waals surface area contributed by atoms with Crippen molar-refractivity contribution in [1.29, 1.82) is 5.26 Å². The number of hydrogen-bond acceptors (Lipinski definition) is 3. The average Bonchev–Trinajstić information content (AvgIpc) is 2.74. The van der Waals surface area contributed by atoms with Crippen molar-refractivity contribution in [1.82, 2.24) is 5.32 Å². The van der Waals surface area contributed by atoms with Crippen molar-refractivity contribution in [3.05, 3.63) is 76.0 Å². The Bertz CT molecular complexity index is 998. The standard InChI is InChI=1S/C26H31N3O/c1-17(2)24-11-7-8-18(3)25(24)28-16-23(15-27)26(30)29-19(4)21-13-12-20-9-5-6-10-22(20)14-21/h7-8,11-14,16-17,19,28H,5-6,9-10H2,1-4H3,(H,29,30)/b23-16-. The van der Waals surface area contributed by atoms with Gasteiger partial charge in [-0.25, -0.2) is 0 Å². The van der Waals surface area contributed by atoms with Crippen LogP contribution >= 0.6 is 0 Å². The number of para-hydroxylation sites is 1. The van der Waals surface area contributed by atoms with Crippen molar-refractivity contribution < 1.29 is 4.79 Å². The van der Waals surface area contributed by atoms with E-state index >= 15 is 0 Å². The van der Waals surface area contributed by atoms with E-state index in [1.54, 1.807) is 0 Å². The van der Waals surface area contributed by atoms with Gasteiger partial charge < -0.3 is 10.6 Å². The van der Waals surface area contributed by atoms with E-state index in [1.165, 1.54) is 30.2 Å². The summed E-state index contributed by atoms with van der Waals surface area (Å²) in [6.45, 7) is 8.24. The number of nitrogens with one attached hydrogen (secondary N) is 2. The van der Waals surface area contributed by atoms with Gasteiger partial charge in [-0.05, 0) is 73.3 Å². The number of carbonyl (C=O) groups is 1. The number of fused-ring (bicyclic) bond motifs is 1. The van der Waals surface area contributed by atoms with Gasteiger partial charge in [-0.2, -0.15) is 5.26 Å². The van der Waals surface area contributed by atoms with E-state index < -0.39 is 0 Å². The highest BCUT2D eigenvalue weighted by molar-refractivity contribution is 5.97. The van der Waals surface area contributed by atoms with Crippen LogP contribution in [0.15, 0.2) is 48.2 Å². The van der Waals surface area contributed by atoms with Gasteiger partial charge in [-0.3, -0.25) is 4.79 Å². The SMILES string of the molecule is Cc1cccc(C(C)C)c1N/C=C(/C#N)C(=O)NC(C)c1ccc2c(c1)CCCC2. The molecule has 1 aliphatic carbocycles. The van der Waals surface area contributed by atoms with Crippen LogP contribution in [0.5, 0.6) is 0 Å². The van der Waals surface area contributed by atoms with Crippen LogP contribution in [0.1, 0.15) is 73.4 Å². The molecule has 1 amide bonds. The fourth-order valence-corrected chi connectivity index (χ4v) is 4.04. The molecule has 0 aliphatic heterocycles. The first-order valence-electron chi connectivity index (χ1n) is 10.8. The lowest BCUT2D eigenvalue weighted by Crippen LogP contribution is -2.28. The van der Waals surface area contributed by atoms with Crippen molar-refractivity contribution in [3.8, 4) is 6.07 Å². The van der Waals surface area contributed by atoms with E-state index in [2.05, 4.69) is 48.7 Å². The molecule has 0 heterocycles. The third kappa shape index (κ3) is 4.91. The lowest BCUT2D eigenvalue weighted by molar-refractivity contribution is -0.117. The first kappa shape index (κ1) is 21.6. The van der Waals surface area contributed by atoms with E-state index in [1.807, 2.05) is 32.0 Å². The summed E-state index contributed by atoms with van der Waals surface area (Å²) in [5, 5.41) is 15.7. The molecular weight excluding hydrogens is 370 g/mol. The summed E-state index contributed by atoms with van der Waals surface area (Å²) in [6.07, 6.45) is 6.23. The van der Waals surface area contributed by atoms with E-state index in [-0.39, 0.29) is 17.5 Å². The monoisotopic (exact) mass is 401 g/mol. The first-order valence-corrected chi connectivity index (χ1v) is 10.8. The maximum Gasteiger partial charge on any atom is 0.263 e. The molecule has 0 saturated carbocycles. The predicted octanol–water partition coefficient (Wildman–Crippen LogP) is 5.69. The zero-order chi connectivity index (χ0) is 21.7. The van der Waals surface area contributed by atoms with E-state index in [0.29, 0.717) is 5.92 Å². The second-order valence-corrected chi connectivity index (χ2v) is 8.44. The minimum Gasteiger partial charge on any atom is -0.360 e. The summed E-state index contributed by atoms with van der Waals surface area (Å²) in [7, 11) is 0. The normalized spacial score (nSPS) is 14.6. The van der Waals surface area contributed by atoms with Crippen LogP contribution < -0.4 is 10.6 Å². The summed E-state index contributed by atoms with van der Waals surface area (Å²) in [5.74, 6) is -0.0286. The van der Waals surface area contributed by atoms with Crippen LogP contribution in [0.4, 0.5) is 5.69 Å². The highest BCUT2D eigenvalue weighted by Gasteiger charge is 2.17. The minimum absolute atomic E-state index is 0.0674. The van der Waals surface area contributed by atoms with Crippen LogP contribution in [-0.4, -0.2) is 5.91 Å². The number of amides is 1. The molecule has 1 aliphatic rings. The Morgan fingerprint density at radius 2 is 1.83 bits per heavy atom. The summed E-state index contributed by atoms with van der Waals surface area (Å²) in [6, 6.07) is 14.5. The van der Waals surface area contributed by atoms with Gasteiger partial charge in [0.2, 0.25) is 0 Å². The molecule has 1 unspecified atom stereocenters. The minimum atomic E-state index is -0.366. The summed E-state index contributed by atoms with van der Waals surface area (Å²) < 4.78 is 0. The quantitative estimate of drug-likeness (QED) is 0.482. The second kappa shape index (κ2) is 9.63. The largest absolute Gasteiger partial charge is 0.360 e. The molecule has 0 saturated heterocycles. The topological polar surface area (TPSA) is 64.9 Å². The van der Waals surface area contributed by atoms with Crippen molar-refractivity contribution in [2.45, 2.75) is 65.3 Å². The molecule has 4 heteroatoms.